The molecule has 2 aliphatic heterocycles. The minimum atomic E-state index is -1.10. The van der Waals surface area contributed by atoms with Gasteiger partial charge in [0, 0.05) is 23.8 Å². The van der Waals surface area contributed by atoms with Crippen LogP contribution in [-0.4, -0.2) is 42.9 Å². The van der Waals surface area contributed by atoms with Crippen LogP contribution in [0.15, 0.2) is 18.2 Å². The number of aromatic nitrogens is 4. The number of hydrogen-bond donors (Lipinski definition) is 4. The van der Waals surface area contributed by atoms with Crippen molar-refractivity contribution in [1.29, 1.82) is 0 Å². The number of fused-ring (bicyclic) bond motifs is 1. The number of carboxylic acids is 1. The van der Waals surface area contributed by atoms with Gasteiger partial charge in [0.25, 0.3) is 0 Å². The molecule has 182 valence electrons. The third-order valence-corrected chi connectivity index (χ3v) is 6.62. The standard InChI is InChI=1S/C24H32ClN7O2/c1-12(2)19-21-20(31-30-19)22(27-14-9-10-16(25)15(11-14)23(33)34)29-24(32(21)13(3)4)28-18-8-6-5-7-17(18)26/h9-13,17-18,27H,5-8,26H2,1-4H3,(H,28,29)(H,33,34). The predicted octanol–water partition coefficient (Wildman–Crippen LogP) is 5.26. The molecule has 1 aromatic rings. The summed E-state index contributed by atoms with van der Waals surface area (Å²) in [5, 5.41) is 25.5. The lowest BCUT2D eigenvalue weighted by Gasteiger charge is -2.32. The average Bonchev–Trinajstić information content (AvgIpc) is 3.21. The summed E-state index contributed by atoms with van der Waals surface area (Å²) >= 11 is 6.06. The minimum Gasteiger partial charge on any atom is -0.478 e. The van der Waals surface area contributed by atoms with Crippen molar-refractivity contribution < 1.29 is 9.90 Å². The lowest BCUT2D eigenvalue weighted by molar-refractivity contribution is 0.0697. The van der Waals surface area contributed by atoms with Gasteiger partial charge in [-0.05, 0) is 50.8 Å². The zero-order valence-corrected chi connectivity index (χ0v) is 20.7. The molecule has 1 aromatic carbocycles. The van der Waals surface area contributed by atoms with Crippen LogP contribution in [0, 0.1) is 0 Å². The lowest BCUT2D eigenvalue weighted by Crippen LogP contribution is -2.43. The molecule has 0 aromatic heterocycles. The van der Waals surface area contributed by atoms with Gasteiger partial charge in [-0.1, -0.05) is 38.3 Å². The molecule has 2 unspecified atom stereocenters. The molecular weight excluding hydrogens is 454 g/mol. The van der Waals surface area contributed by atoms with Crippen LogP contribution in [-0.2, 0) is 0 Å². The minimum absolute atomic E-state index is 0.0130. The van der Waals surface area contributed by atoms with Gasteiger partial charge in [-0.25, -0.2) is 4.79 Å². The summed E-state index contributed by atoms with van der Waals surface area (Å²) in [6.45, 7) is 8.39. The van der Waals surface area contributed by atoms with Crippen LogP contribution < -0.4 is 16.4 Å². The molecule has 9 nitrogen and oxygen atoms in total. The van der Waals surface area contributed by atoms with E-state index in [1.165, 1.54) is 6.07 Å². The molecule has 2 heterocycles. The average molecular weight is 486 g/mol. The molecule has 4 rings (SSSR count). The first-order valence-corrected chi connectivity index (χ1v) is 12.2. The second-order valence-electron chi connectivity index (χ2n) is 9.51. The number of carboxylic acid groups (broad SMARTS) is 1. The van der Waals surface area contributed by atoms with E-state index >= 15 is 0 Å². The van der Waals surface area contributed by atoms with E-state index in [0.717, 1.165) is 37.1 Å². The first-order chi connectivity index (χ1) is 16.2. The highest BCUT2D eigenvalue weighted by Gasteiger charge is 2.30. The normalized spacial score (nSPS) is 18.6. The number of benzene rings is 1. The van der Waals surface area contributed by atoms with E-state index in [4.69, 9.17) is 22.3 Å². The molecule has 5 N–H and O–H groups in total. The molecule has 0 saturated heterocycles. The molecule has 0 bridgehead atoms. The Bertz CT molecular complexity index is 1160. The van der Waals surface area contributed by atoms with Gasteiger partial charge in [-0.15, -0.1) is 5.10 Å². The third-order valence-electron chi connectivity index (χ3n) is 6.29. The summed E-state index contributed by atoms with van der Waals surface area (Å²) in [7, 11) is 0. The molecule has 0 spiro atoms. The van der Waals surface area contributed by atoms with Crippen LogP contribution in [0.3, 0.4) is 0 Å². The van der Waals surface area contributed by atoms with Crippen LogP contribution >= 0.6 is 11.6 Å². The first kappa shape index (κ1) is 24.2. The van der Waals surface area contributed by atoms with E-state index < -0.39 is 5.97 Å². The van der Waals surface area contributed by atoms with Gasteiger partial charge in [-0.3, -0.25) is 0 Å². The van der Waals surface area contributed by atoms with E-state index in [1.54, 1.807) is 12.1 Å². The number of rotatable bonds is 7. The molecule has 3 aliphatic rings. The van der Waals surface area contributed by atoms with Crippen molar-refractivity contribution in [3.63, 3.8) is 0 Å². The van der Waals surface area contributed by atoms with Gasteiger partial charge in [0.05, 0.1) is 22.0 Å². The molecule has 10 heteroatoms. The quantitative estimate of drug-likeness (QED) is 0.356. The lowest BCUT2D eigenvalue weighted by atomic mass is 9.91. The summed E-state index contributed by atoms with van der Waals surface area (Å²) in [5.41, 5.74) is 9.41. The Kier molecular flexibility index (Phi) is 6.95. The summed E-state index contributed by atoms with van der Waals surface area (Å²) in [6, 6.07) is 5.03. The van der Waals surface area contributed by atoms with Gasteiger partial charge in [0.15, 0.2) is 11.5 Å². The van der Waals surface area contributed by atoms with E-state index in [-0.39, 0.29) is 34.6 Å². The Morgan fingerprint density at radius 1 is 1.21 bits per heavy atom. The number of carbonyl (C=O) groups is 1. The molecule has 1 fully saturated rings. The molecule has 0 radical (unpaired) electrons. The summed E-state index contributed by atoms with van der Waals surface area (Å²) < 4.78 is 2.14. The fourth-order valence-corrected chi connectivity index (χ4v) is 4.72. The third kappa shape index (κ3) is 4.67. The Hall–Kier alpha value is -2.91. The molecule has 1 saturated carbocycles. The van der Waals surface area contributed by atoms with E-state index in [9.17, 15) is 9.90 Å². The SMILES string of the molecule is CC(C)c1nnc2c(Nc3ccc(Cl)c(C(=O)O)c3)nc(NC3CCCCC3N)n(C(C)C)c1-2. The zero-order chi connectivity index (χ0) is 24.6. The number of aromatic carboxylic acids is 1. The van der Waals surface area contributed by atoms with Gasteiger partial charge in [0.1, 0.15) is 0 Å². The fraction of sp³-hybridized carbons (Fsp3) is 0.500. The zero-order valence-electron chi connectivity index (χ0n) is 20.0. The van der Waals surface area contributed by atoms with Gasteiger partial charge in [0.2, 0.25) is 5.95 Å². The van der Waals surface area contributed by atoms with Crippen molar-refractivity contribution in [2.45, 2.75) is 77.4 Å². The predicted molar refractivity (Wildman–Crippen MR) is 134 cm³/mol. The molecular formula is C24H32ClN7O2. The molecule has 1 aliphatic carbocycles. The molecule has 2 atom stereocenters. The monoisotopic (exact) mass is 485 g/mol. The van der Waals surface area contributed by atoms with E-state index in [2.05, 4.69) is 53.1 Å². The summed E-state index contributed by atoms with van der Waals surface area (Å²) in [6.07, 6.45) is 4.22. The van der Waals surface area contributed by atoms with E-state index in [1.807, 2.05) is 0 Å². The van der Waals surface area contributed by atoms with Gasteiger partial charge in [-0.2, -0.15) is 10.1 Å². The number of hydrogen-bond acceptors (Lipinski definition) is 7. The van der Waals surface area contributed by atoms with Crippen LogP contribution in [0.4, 0.5) is 17.5 Å². The topological polar surface area (TPSA) is 131 Å². The van der Waals surface area contributed by atoms with Crippen molar-refractivity contribution in [2.75, 3.05) is 10.6 Å². The van der Waals surface area contributed by atoms with Crippen LogP contribution in [0.2, 0.25) is 5.02 Å². The van der Waals surface area contributed by atoms with Crippen molar-refractivity contribution in [3.8, 4) is 11.4 Å². The Morgan fingerprint density at radius 3 is 2.59 bits per heavy atom. The van der Waals surface area contributed by atoms with Crippen LogP contribution in [0.5, 0.6) is 0 Å². The largest absolute Gasteiger partial charge is 0.478 e. The smallest absolute Gasteiger partial charge is 0.337 e. The maximum absolute atomic E-state index is 11.6. The maximum Gasteiger partial charge on any atom is 0.337 e. The Labute approximate surface area is 204 Å². The van der Waals surface area contributed by atoms with Gasteiger partial charge >= 0.3 is 5.97 Å². The second-order valence-corrected chi connectivity index (χ2v) is 9.92. The van der Waals surface area contributed by atoms with Gasteiger partial charge < -0.3 is 26.0 Å². The second kappa shape index (κ2) is 9.76. The number of nitrogens with zero attached hydrogens (tertiary/aromatic N) is 4. The maximum atomic E-state index is 11.6. The number of nitrogens with one attached hydrogen (secondary N) is 2. The number of nitrogens with two attached hydrogens (primary N) is 1. The number of halogens is 1. The molecule has 34 heavy (non-hydrogen) atoms. The van der Waals surface area contributed by atoms with Crippen molar-refractivity contribution in [1.82, 2.24) is 19.7 Å². The van der Waals surface area contributed by atoms with Crippen molar-refractivity contribution >= 4 is 35.0 Å². The summed E-state index contributed by atoms with van der Waals surface area (Å²) in [5.74, 6) is 0.249. The van der Waals surface area contributed by atoms with E-state index in [0.29, 0.717) is 23.1 Å². The Morgan fingerprint density at radius 2 is 1.94 bits per heavy atom. The Balaban J connectivity index is 1.85. The fourth-order valence-electron chi connectivity index (χ4n) is 4.52. The molecule has 0 amide bonds. The first-order valence-electron chi connectivity index (χ1n) is 11.8. The number of anilines is 3. The highest BCUT2D eigenvalue weighted by Crippen LogP contribution is 2.39. The van der Waals surface area contributed by atoms with Crippen LogP contribution in [0.25, 0.3) is 11.4 Å². The highest BCUT2D eigenvalue weighted by molar-refractivity contribution is 6.33. The van der Waals surface area contributed by atoms with Crippen molar-refractivity contribution in [3.05, 3.63) is 34.5 Å². The van der Waals surface area contributed by atoms with Crippen molar-refractivity contribution in [2.24, 2.45) is 5.73 Å². The van der Waals surface area contributed by atoms with Crippen LogP contribution in [0.1, 0.15) is 81.4 Å². The summed E-state index contributed by atoms with van der Waals surface area (Å²) in [4.78, 5) is 16.5. The highest BCUT2D eigenvalue weighted by atomic mass is 35.5.